The quantitative estimate of drug-likeness (QED) is 0.853. The van der Waals surface area contributed by atoms with Gasteiger partial charge in [-0.15, -0.1) is 0 Å². The van der Waals surface area contributed by atoms with Crippen molar-refractivity contribution in [2.24, 2.45) is 0 Å². The summed E-state index contributed by atoms with van der Waals surface area (Å²) in [6.45, 7) is 1.95. The Bertz CT molecular complexity index is 475. The molecular weight excluding hydrogens is 246 g/mol. The number of rotatable bonds is 4. The van der Waals surface area contributed by atoms with Crippen LogP contribution < -0.4 is 5.32 Å². The minimum absolute atomic E-state index is 0.0584. The van der Waals surface area contributed by atoms with Crippen molar-refractivity contribution in [1.82, 2.24) is 15.1 Å². The van der Waals surface area contributed by atoms with Crippen LogP contribution in [0, 0.1) is 6.92 Å². The molecule has 6 nitrogen and oxygen atoms in total. The minimum atomic E-state index is -1.09. The fourth-order valence-corrected chi connectivity index (χ4v) is 2.55. The number of carbonyl (C=O) groups excluding carboxylic acids is 1. The Morgan fingerprint density at radius 3 is 2.63 bits per heavy atom. The molecule has 0 aliphatic heterocycles. The molecule has 0 bridgehead atoms. The zero-order valence-electron chi connectivity index (χ0n) is 11.1. The summed E-state index contributed by atoms with van der Waals surface area (Å²) in [4.78, 5) is 23.4. The fraction of sp³-hybridized carbons (Fsp3) is 0.615. The molecule has 0 atom stereocenters. The van der Waals surface area contributed by atoms with E-state index < -0.39 is 11.5 Å². The number of hydrogen-bond acceptors (Lipinski definition) is 3. The van der Waals surface area contributed by atoms with E-state index in [1.807, 2.05) is 6.92 Å². The summed E-state index contributed by atoms with van der Waals surface area (Å²) in [6, 6.07) is 0. The predicted molar refractivity (Wildman–Crippen MR) is 68.6 cm³/mol. The van der Waals surface area contributed by atoms with E-state index in [2.05, 4.69) is 10.4 Å². The lowest BCUT2D eigenvalue weighted by molar-refractivity contribution is -0.149. The highest BCUT2D eigenvalue weighted by molar-refractivity contribution is 5.87. The van der Waals surface area contributed by atoms with Crippen LogP contribution >= 0.6 is 0 Å². The molecule has 19 heavy (non-hydrogen) atoms. The molecule has 1 saturated carbocycles. The van der Waals surface area contributed by atoms with Gasteiger partial charge >= 0.3 is 5.97 Å². The third-order valence-corrected chi connectivity index (χ3v) is 3.56. The standard InChI is InChI=1S/C13H19N3O3/c1-10-7-14-16(8-10)9-11(17)15-13(12(18)19)5-3-2-4-6-13/h7-8H,2-6,9H2,1H3,(H,15,17)(H,18,19). The second kappa shape index (κ2) is 5.42. The van der Waals surface area contributed by atoms with E-state index in [1.165, 1.54) is 4.68 Å². The second-order valence-corrected chi connectivity index (χ2v) is 5.21. The summed E-state index contributed by atoms with van der Waals surface area (Å²) in [7, 11) is 0. The third-order valence-electron chi connectivity index (χ3n) is 3.56. The minimum Gasteiger partial charge on any atom is -0.480 e. The molecule has 104 valence electrons. The smallest absolute Gasteiger partial charge is 0.329 e. The van der Waals surface area contributed by atoms with Gasteiger partial charge in [0.2, 0.25) is 5.91 Å². The Morgan fingerprint density at radius 1 is 1.42 bits per heavy atom. The molecule has 2 N–H and O–H groups in total. The fourth-order valence-electron chi connectivity index (χ4n) is 2.55. The topological polar surface area (TPSA) is 84.2 Å². The summed E-state index contributed by atoms with van der Waals surface area (Å²) in [6.07, 6.45) is 7.15. The van der Waals surface area contributed by atoms with Crippen molar-refractivity contribution in [1.29, 1.82) is 0 Å². The summed E-state index contributed by atoms with van der Waals surface area (Å²) in [5, 5.41) is 16.1. The highest BCUT2D eigenvalue weighted by Crippen LogP contribution is 2.28. The molecule has 0 saturated heterocycles. The van der Waals surface area contributed by atoms with Crippen molar-refractivity contribution in [2.45, 2.75) is 51.1 Å². The normalized spacial score (nSPS) is 17.9. The van der Waals surface area contributed by atoms with Crippen molar-refractivity contribution in [3.63, 3.8) is 0 Å². The van der Waals surface area contributed by atoms with Gasteiger partial charge in [-0.3, -0.25) is 9.48 Å². The Hall–Kier alpha value is -1.85. The number of nitrogens with zero attached hydrogens (tertiary/aromatic N) is 2. The van der Waals surface area contributed by atoms with Gasteiger partial charge in [-0.1, -0.05) is 19.3 Å². The molecular formula is C13H19N3O3. The number of hydrogen-bond donors (Lipinski definition) is 2. The summed E-state index contributed by atoms with van der Waals surface area (Å²) < 4.78 is 1.52. The molecule has 1 aromatic rings. The number of amides is 1. The molecule has 1 aliphatic rings. The summed E-state index contributed by atoms with van der Waals surface area (Å²) in [5.41, 5.74) is -0.115. The van der Waals surface area contributed by atoms with Crippen LogP contribution in [0.4, 0.5) is 0 Å². The third kappa shape index (κ3) is 3.13. The molecule has 6 heteroatoms. The Labute approximate surface area is 111 Å². The lowest BCUT2D eigenvalue weighted by Crippen LogP contribution is -2.56. The largest absolute Gasteiger partial charge is 0.480 e. The van der Waals surface area contributed by atoms with Gasteiger partial charge in [0.05, 0.1) is 6.20 Å². The van der Waals surface area contributed by atoms with Crippen LogP contribution in [0.1, 0.15) is 37.7 Å². The first-order chi connectivity index (χ1) is 9.02. The van der Waals surface area contributed by atoms with Crippen LogP contribution in [-0.4, -0.2) is 32.3 Å². The number of aryl methyl sites for hydroxylation is 1. The maximum atomic E-state index is 12.0. The van der Waals surface area contributed by atoms with Gasteiger partial charge in [-0.25, -0.2) is 4.79 Å². The number of aromatic nitrogens is 2. The van der Waals surface area contributed by atoms with Gasteiger partial charge in [0.15, 0.2) is 0 Å². The maximum absolute atomic E-state index is 12.0. The van der Waals surface area contributed by atoms with E-state index in [-0.39, 0.29) is 12.5 Å². The van der Waals surface area contributed by atoms with Gasteiger partial charge in [0, 0.05) is 6.20 Å². The van der Waals surface area contributed by atoms with E-state index in [1.54, 1.807) is 12.4 Å². The first-order valence-electron chi connectivity index (χ1n) is 6.55. The zero-order chi connectivity index (χ0) is 13.9. The average molecular weight is 265 g/mol. The molecule has 1 aliphatic carbocycles. The number of nitrogens with one attached hydrogen (secondary N) is 1. The van der Waals surface area contributed by atoms with E-state index in [4.69, 9.17) is 0 Å². The average Bonchev–Trinajstić information content (AvgIpc) is 2.75. The van der Waals surface area contributed by atoms with Gasteiger partial charge in [-0.2, -0.15) is 5.10 Å². The van der Waals surface area contributed by atoms with Crippen LogP contribution in [-0.2, 0) is 16.1 Å². The number of aliphatic carboxylic acids is 1. The zero-order valence-corrected chi connectivity index (χ0v) is 11.1. The highest BCUT2D eigenvalue weighted by Gasteiger charge is 2.40. The molecule has 0 spiro atoms. The molecule has 1 heterocycles. The lowest BCUT2D eigenvalue weighted by Gasteiger charge is -2.33. The SMILES string of the molecule is Cc1cnn(CC(=O)NC2(C(=O)O)CCCCC2)c1. The van der Waals surface area contributed by atoms with Crippen molar-refractivity contribution in [3.8, 4) is 0 Å². The monoisotopic (exact) mass is 265 g/mol. The van der Waals surface area contributed by atoms with Crippen molar-refractivity contribution < 1.29 is 14.7 Å². The molecule has 1 aromatic heterocycles. The number of carboxylic acid groups (broad SMARTS) is 1. The van der Waals surface area contributed by atoms with Crippen molar-refractivity contribution in [3.05, 3.63) is 18.0 Å². The van der Waals surface area contributed by atoms with Crippen LogP contribution in [0.5, 0.6) is 0 Å². The van der Waals surface area contributed by atoms with E-state index >= 15 is 0 Å². The summed E-state index contributed by atoms with van der Waals surface area (Å²) >= 11 is 0. The molecule has 0 radical (unpaired) electrons. The Balaban J connectivity index is 2.01. The van der Waals surface area contributed by atoms with Crippen LogP contribution in [0.3, 0.4) is 0 Å². The first kappa shape index (κ1) is 13.6. The summed E-state index contributed by atoms with van der Waals surface area (Å²) in [5.74, 6) is -1.23. The van der Waals surface area contributed by atoms with Crippen molar-refractivity contribution in [2.75, 3.05) is 0 Å². The molecule has 1 amide bonds. The molecule has 1 fully saturated rings. The number of carboxylic acids is 1. The second-order valence-electron chi connectivity index (χ2n) is 5.21. The van der Waals surface area contributed by atoms with Gasteiger partial charge < -0.3 is 10.4 Å². The van der Waals surface area contributed by atoms with E-state index in [0.717, 1.165) is 24.8 Å². The lowest BCUT2D eigenvalue weighted by atomic mass is 9.81. The van der Waals surface area contributed by atoms with Crippen LogP contribution in [0.2, 0.25) is 0 Å². The molecule has 2 rings (SSSR count). The van der Waals surface area contributed by atoms with Crippen LogP contribution in [0.25, 0.3) is 0 Å². The maximum Gasteiger partial charge on any atom is 0.329 e. The van der Waals surface area contributed by atoms with Gasteiger partial charge in [0.25, 0.3) is 0 Å². The predicted octanol–water partition coefficient (Wildman–Crippen LogP) is 1.10. The van der Waals surface area contributed by atoms with E-state index in [0.29, 0.717) is 12.8 Å². The molecule has 0 aromatic carbocycles. The molecule has 0 unspecified atom stereocenters. The highest BCUT2D eigenvalue weighted by atomic mass is 16.4. The van der Waals surface area contributed by atoms with Gasteiger partial charge in [0.1, 0.15) is 12.1 Å². The number of carbonyl (C=O) groups is 2. The van der Waals surface area contributed by atoms with E-state index in [9.17, 15) is 14.7 Å². The Kier molecular flexibility index (Phi) is 3.87. The van der Waals surface area contributed by atoms with Crippen LogP contribution in [0.15, 0.2) is 12.4 Å². The Morgan fingerprint density at radius 2 is 2.11 bits per heavy atom. The van der Waals surface area contributed by atoms with Gasteiger partial charge in [-0.05, 0) is 25.3 Å². The van der Waals surface area contributed by atoms with Crippen molar-refractivity contribution >= 4 is 11.9 Å². The first-order valence-corrected chi connectivity index (χ1v) is 6.55.